The van der Waals surface area contributed by atoms with Crippen LogP contribution in [0.15, 0.2) is 42.5 Å². The van der Waals surface area contributed by atoms with Crippen molar-refractivity contribution in [3.05, 3.63) is 53.6 Å². The highest BCUT2D eigenvalue weighted by molar-refractivity contribution is 7.22. The number of hydrogen-bond donors (Lipinski definition) is 0. The van der Waals surface area contributed by atoms with Gasteiger partial charge in [-0.25, -0.2) is 4.98 Å². The van der Waals surface area contributed by atoms with Crippen molar-refractivity contribution in [3.8, 4) is 5.75 Å². The number of rotatable bonds is 7. The molecule has 0 aliphatic rings. The summed E-state index contributed by atoms with van der Waals surface area (Å²) in [6.45, 7) is 3.56. The lowest BCUT2D eigenvalue weighted by molar-refractivity contribution is 0.0986. The number of carbonyl (C=O) groups is 1. The van der Waals surface area contributed by atoms with Crippen LogP contribution in [0.25, 0.3) is 10.2 Å². The maximum Gasteiger partial charge on any atom is 0.260 e. The Kier molecular flexibility index (Phi) is 6.08. The van der Waals surface area contributed by atoms with E-state index in [0.717, 1.165) is 39.6 Å². The summed E-state index contributed by atoms with van der Waals surface area (Å²) < 4.78 is 6.33. The van der Waals surface area contributed by atoms with Crippen LogP contribution in [-0.2, 0) is 0 Å². The second-order valence-corrected chi connectivity index (χ2v) is 7.82. The molecule has 0 aliphatic heterocycles. The highest BCUT2D eigenvalue weighted by atomic mass is 32.1. The van der Waals surface area contributed by atoms with E-state index in [4.69, 9.17) is 9.72 Å². The summed E-state index contributed by atoms with van der Waals surface area (Å²) in [4.78, 5) is 21.8. The first kappa shape index (κ1) is 19.3. The number of methoxy groups -OCH3 is 1. The molecule has 5 nitrogen and oxygen atoms in total. The molecule has 1 aromatic heterocycles. The first-order valence-electron chi connectivity index (χ1n) is 8.96. The van der Waals surface area contributed by atoms with Crippen LogP contribution in [0.5, 0.6) is 5.75 Å². The molecule has 0 unspecified atom stereocenters. The van der Waals surface area contributed by atoms with Crippen molar-refractivity contribution in [2.45, 2.75) is 13.3 Å². The molecular weight excluding hydrogens is 358 g/mol. The van der Waals surface area contributed by atoms with E-state index >= 15 is 0 Å². The van der Waals surface area contributed by atoms with Crippen molar-refractivity contribution < 1.29 is 9.53 Å². The minimum absolute atomic E-state index is 0.0141. The molecule has 1 amide bonds. The molecule has 0 atom stereocenters. The van der Waals surface area contributed by atoms with E-state index in [-0.39, 0.29) is 5.91 Å². The summed E-state index contributed by atoms with van der Waals surface area (Å²) in [5.41, 5.74) is 2.67. The van der Waals surface area contributed by atoms with Crippen molar-refractivity contribution in [1.29, 1.82) is 0 Å². The van der Waals surface area contributed by atoms with E-state index in [9.17, 15) is 4.79 Å². The Hall–Kier alpha value is -2.44. The summed E-state index contributed by atoms with van der Waals surface area (Å²) in [5.74, 6) is 0.753. The van der Waals surface area contributed by atoms with Gasteiger partial charge in [0.25, 0.3) is 5.91 Å². The second-order valence-electron chi connectivity index (χ2n) is 6.81. The third-order valence-corrected chi connectivity index (χ3v) is 5.40. The molecule has 142 valence electrons. The number of aromatic nitrogens is 1. The largest absolute Gasteiger partial charge is 0.497 e. The lowest BCUT2D eigenvalue weighted by Crippen LogP contribution is -2.33. The fourth-order valence-corrected chi connectivity index (χ4v) is 3.79. The Bertz CT molecular complexity index is 919. The van der Waals surface area contributed by atoms with Crippen LogP contribution in [0.1, 0.15) is 22.3 Å². The number of nitrogens with zero attached hydrogens (tertiary/aromatic N) is 3. The van der Waals surface area contributed by atoms with E-state index in [2.05, 4.69) is 4.90 Å². The zero-order chi connectivity index (χ0) is 19.4. The minimum atomic E-state index is -0.0141. The van der Waals surface area contributed by atoms with Crippen molar-refractivity contribution >= 4 is 32.6 Å². The Morgan fingerprint density at radius 1 is 1.11 bits per heavy atom. The molecule has 1 heterocycles. The van der Waals surface area contributed by atoms with Crippen LogP contribution in [0.4, 0.5) is 5.13 Å². The maximum absolute atomic E-state index is 13.2. The molecule has 0 bridgehead atoms. The quantitative estimate of drug-likeness (QED) is 0.613. The van der Waals surface area contributed by atoms with Crippen LogP contribution >= 0.6 is 11.3 Å². The van der Waals surface area contributed by atoms with Gasteiger partial charge in [0.15, 0.2) is 5.13 Å². The zero-order valence-corrected chi connectivity index (χ0v) is 17.0. The molecule has 0 spiro atoms. The van der Waals surface area contributed by atoms with Crippen LogP contribution in [-0.4, -0.2) is 50.1 Å². The van der Waals surface area contributed by atoms with Gasteiger partial charge in [-0.15, -0.1) is 0 Å². The molecule has 0 saturated carbocycles. The molecule has 2 aromatic carbocycles. The third kappa shape index (κ3) is 4.64. The Morgan fingerprint density at radius 2 is 1.85 bits per heavy atom. The van der Waals surface area contributed by atoms with Crippen molar-refractivity contribution in [2.75, 3.05) is 39.2 Å². The van der Waals surface area contributed by atoms with Gasteiger partial charge in [-0.05, 0) is 58.3 Å². The number of anilines is 1. The Labute approximate surface area is 164 Å². The number of fused-ring (bicyclic) bond motifs is 1. The zero-order valence-electron chi connectivity index (χ0n) is 16.2. The number of thiazole rings is 1. The van der Waals surface area contributed by atoms with Gasteiger partial charge in [-0.3, -0.25) is 9.69 Å². The topological polar surface area (TPSA) is 45.7 Å². The Morgan fingerprint density at radius 3 is 2.52 bits per heavy atom. The van der Waals surface area contributed by atoms with E-state index in [1.54, 1.807) is 12.0 Å². The van der Waals surface area contributed by atoms with Gasteiger partial charge in [0.1, 0.15) is 5.75 Å². The number of carbonyl (C=O) groups excluding carboxylic acids is 1. The molecule has 0 N–H and O–H groups in total. The van der Waals surface area contributed by atoms with Gasteiger partial charge in [0.05, 0.1) is 17.3 Å². The number of hydrogen-bond acceptors (Lipinski definition) is 5. The van der Waals surface area contributed by atoms with Crippen LogP contribution < -0.4 is 9.64 Å². The summed E-state index contributed by atoms with van der Waals surface area (Å²) in [6.07, 6.45) is 0.879. The lowest BCUT2D eigenvalue weighted by Gasteiger charge is -2.21. The summed E-state index contributed by atoms with van der Waals surface area (Å²) in [6, 6.07) is 13.5. The van der Waals surface area contributed by atoms with E-state index in [1.165, 1.54) is 11.3 Å². The molecular formula is C21H25N3O2S. The predicted molar refractivity (Wildman–Crippen MR) is 112 cm³/mol. The smallest absolute Gasteiger partial charge is 0.260 e. The third-order valence-electron chi connectivity index (χ3n) is 4.35. The van der Waals surface area contributed by atoms with Crippen LogP contribution in [0, 0.1) is 6.92 Å². The monoisotopic (exact) mass is 383 g/mol. The highest BCUT2D eigenvalue weighted by Gasteiger charge is 2.21. The van der Waals surface area contributed by atoms with E-state index in [0.29, 0.717) is 12.1 Å². The number of aryl methyl sites for hydroxylation is 1. The number of ether oxygens (including phenoxy) is 1. The molecule has 0 radical (unpaired) electrons. The number of amides is 1. The molecule has 3 rings (SSSR count). The van der Waals surface area contributed by atoms with Crippen molar-refractivity contribution in [3.63, 3.8) is 0 Å². The Balaban J connectivity index is 1.93. The van der Waals surface area contributed by atoms with Crippen molar-refractivity contribution in [2.24, 2.45) is 0 Å². The fourth-order valence-electron chi connectivity index (χ4n) is 2.82. The summed E-state index contributed by atoms with van der Waals surface area (Å²) in [5, 5.41) is 0.725. The van der Waals surface area contributed by atoms with Gasteiger partial charge < -0.3 is 9.64 Å². The molecule has 0 saturated heterocycles. The second kappa shape index (κ2) is 8.50. The lowest BCUT2D eigenvalue weighted by atomic mass is 10.1. The molecule has 27 heavy (non-hydrogen) atoms. The molecule has 0 fully saturated rings. The summed E-state index contributed by atoms with van der Waals surface area (Å²) >= 11 is 1.53. The SMILES string of the molecule is COc1ccc2sc(N(CCCN(C)C)C(=O)c3ccc(C)cc3)nc2c1. The van der Waals surface area contributed by atoms with Crippen LogP contribution in [0.2, 0.25) is 0 Å². The van der Waals surface area contributed by atoms with Gasteiger partial charge in [0.2, 0.25) is 0 Å². The van der Waals surface area contributed by atoms with Gasteiger partial charge in [-0.2, -0.15) is 0 Å². The highest BCUT2D eigenvalue weighted by Crippen LogP contribution is 2.32. The van der Waals surface area contributed by atoms with Crippen molar-refractivity contribution in [1.82, 2.24) is 9.88 Å². The van der Waals surface area contributed by atoms with E-state index < -0.39 is 0 Å². The standard InChI is InChI=1S/C21H25N3O2S/c1-15-6-8-16(9-7-15)20(25)24(13-5-12-23(2)3)21-22-18-14-17(26-4)10-11-19(18)27-21/h6-11,14H,5,12-13H2,1-4H3. The van der Waals surface area contributed by atoms with Crippen LogP contribution in [0.3, 0.4) is 0 Å². The average molecular weight is 384 g/mol. The average Bonchev–Trinajstić information content (AvgIpc) is 3.07. The maximum atomic E-state index is 13.2. The normalized spacial score (nSPS) is 11.1. The van der Waals surface area contributed by atoms with Gasteiger partial charge >= 0.3 is 0 Å². The molecule has 6 heteroatoms. The first-order valence-corrected chi connectivity index (χ1v) is 9.77. The number of benzene rings is 2. The first-order chi connectivity index (χ1) is 13.0. The molecule has 0 aliphatic carbocycles. The fraction of sp³-hybridized carbons (Fsp3) is 0.333. The minimum Gasteiger partial charge on any atom is -0.497 e. The molecule has 3 aromatic rings. The summed E-state index contributed by atoms with van der Waals surface area (Å²) in [7, 11) is 5.72. The predicted octanol–water partition coefficient (Wildman–Crippen LogP) is 4.21. The van der Waals surface area contributed by atoms with Gasteiger partial charge in [0, 0.05) is 18.2 Å². The van der Waals surface area contributed by atoms with E-state index in [1.807, 2.05) is 63.5 Å². The van der Waals surface area contributed by atoms with Gasteiger partial charge in [-0.1, -0.05) is 29.0 Å².